The topological polar surface area (TPSA) is 74.8 Å². The minimum atomic E-state index is -5.33. The first kappa shape index (κ1) is 12.8. The van der Waals surface area contributed by atoms with Gasteiger partial charge in [-0.1, -0.05) is 0 Å². The zero-order valence-electron chi connectivity index (χ0n) is 8.82. The van der Waals surface area contributed by atoms with E-state index in [1.54, 1.807) is 12.1 Å². The van der Waals surface area contributed by atoms with E-state index in [1.807, 2.05) is 0 Å². The van der Waals surface area contributed by atoms with Gasteiger partial charge in [-0.05, 0) is 17.7 Å². The first-order valence-electron chi connectivity index (χ1n) is 4.78. The molecule has 98 valence electrons. The minimum absolute atomic E-state index is 0.394. The summed E-state index contributed by atoms with van der Waals surface area (Å²) in [6, 6.07) is 3.24. The summed E-state index contributed by atoms with van der Waals surface area (Å²) in [5, 5.41) is 0.572. The number of hydrogen-bond donors (Lipinski definition) is 2. The van der Waals surface area contributed by atoms with Crippen LogP contribution < -0.4 is 4.72 Å². The number of nitrogens with zero attached hydrogens (tertiary/aromatic N) is 1. The van der Waals surface area contributed by atoms with Gasteiger partial charge in [-0.3, -0.25) is 0 Å². The third-order valence-electron chi connectivity index (χ3n) is 2.29. The van der Waals surface area contributed by atoms with Crippen molar-refractivity contribution in [1.82, 2.24) is 14.7 Å². The zero-order chi connectivity index (χ0) is 13.4. The number of halogens is 3. The van der Waals surface area contributed by atoms with E-state index >= 15 is 0 Å². The average molecular weight is 279 g/mol. The molecule has 2 rings (SSSR count). The Morgan fingerprint density at radius 3 is 2.78 bits per heavy atom. The predicted octanol–water partition coefficient (Wildman–Crippen LogP) is 1.50. The summed E-state index contributed by atoms with van der Waals surface area (Å²) in [4.78, 5) is 6.68. The first-order valence-corrected chi connectivity index (χ1v) is 6.26. The van der Waals surface area contributed by atoms with Crippen LogP contribution >= 0.6 is 0 Å². The van der Waals surface area contributed by atoms with Crippen LogP contribution in [0.15, 0.2) is 24.5 Å². The maximum atomic E-state index is 12.1. The van der Waals surface area contributed by atoms with Gasteiger partial charge in [0.1, 0.15) is 5.65 Å². The molecule has 2 heterocycles. The van der Waals surface area contributed by atoms with Crippen LogP contribution in [0.2, 0.25) is 0 Å². The molecule has 0 saturated carbocycles. The van der Waals surface area contributed by atoms with Gasteiger partial charge < -0.3 is 4.98 Å². The fourth-order valence-electron chi connectivity index (χ4n) is 1.41. The average Bonchev–Trinajstić information content (AvgIpc) is 2.68. The van der Waals surface area contributed by atoms with Crippen molar-refractivity contribution in [1.29, 1.82) is 0 Å². The van der Waals surface area contributed by atoms with Crippen molar-refractivity contribution in [2.24, 2.45) is 0 Å². The molecular weight excluding hydrogens is 271 g/mol. The van der Waals surface area contributed by atoms with Crippen LogP contribution in [-0.2, 0) is 16.6 Å². The molecule has 0 aliphatic carbocycles. The molecule has 0 aromatic carbocycles. The summed E-state index contributed by atoms with van der Waals surface area (Å²) in [6.07, 6.45) is 2.93. The fraction of sp³-hybridized carbons (Fsp3) is 0.222. The summed E-state index contributed by atoms with van der Waals surface area (Å²) in [5.41, 5.74) is -4.43. The molecule has 0 amide bonds. The van der Waals surface area contributed by atoms with Crippen LogP contribution in [0.5, 0.6) is 0 Å². The van der Waals surface area contributed by atoms with E-state index in [0.29, 0.717) is 16.6 Å². The minimum Gasteiger partial charge on any atom is -0.346 e. The summed E-state index contributed by atoms with van der Waals surface area (Å²) in [6.45, 7) is -0.451. The smallest absolute Gasteiger partial charge is 0.346 e. The molecule has 2 aromatic heterocycles. The second-order valence-electron chi connectivity index (χ2n) is 3.48. The number of hydrogen-bond acceptors (Lipinski definition) is 3. The summed E-state index contributed by atoms with van der Waals surface area (Å²) < 4.78 is 59.5. The van der Waals surface area contributed by atoms with E-state index in [0.717, 1.165) is 0 Å². The quantitative estimate of drug-likeness (QED) is 0.894. The molecule has 9 heteroatoms. The number of nitrogens with one attached hydrogen (secondary N) is 2. The van der Waals surface area contributed by atoms with Crippen molar-refractivity contribution in [3.63, 3.8) is 0 Å². The van der Waals surface area contributed by atoms with Crippen LogP contribution in [0, 0.1) is 0 Å². The number of fused-ring (bicyclic) bond motifs is 1. The molecule has 0 aliphatic heterocycles. The molecule has 0 atom stereocenters. The lowest BCUT2D eigenvalue weighted by atomic mass is 10.2. The Kier molecular flexibility index (Phi) is 3.03. The molecule has 0 saturated heterocycles. The van der Waals surface area contributed by atoms with Gasteiger partial charge in [0.25, 0.3) is 0 Å². The molecule has 18 heavy (non-hydrogen) atoms. The maximum Gasteiger partial charge on any atom is 0.511 e. The number of aromatic amines is 1. The summed E-state index contributed by atoms with van der Waals surface area (Å²) in [7, 11) is -5.33. The van der Waals surface area contributed by atoms with Crippen LogP contribution in [0.3, 0.4) is 0 Å². The summed E-state index contributed by atoms with van der Waals surface area (Å²) >= 11 is 0. The van der Waals surface area contributed by atoms with Crippen LogP contribution in [0.1, 0.15) is 5.56 Å². The van der Waals surface area contributed by atoms with Gasteiger partial charge in [-0.2, -0.15) is 13.2 Å². The highest BCUT2D eigenvalue weighted by Gasteiger charge is 2.45. The second kappa shape index (κ2) is 4.25. The fourth-order valence-corrected chi connectivity index (χ4v) is 1.92. The number of pyridine rings is 1. The van der Waals surface area contributed by atoms with Crippen molar-refractivity contribution < 1.29 is 21.6 Å². The molecule has 0 fully saturated rings. The number of aromatic nitrogens is 2. The second-order valence-corrected chi connectivity index (χ2v) is 5.24. The van der Waals surface area contributed by atoms with E-state index in [4.69, 9.17) is 0 Å². The predicted molar refractivity (Wildman–Crippen MR) is 57.9 cm³/mol. The van der Waals surface area contributed by atoms with Crippen LogP contribution in [0.4, 0.5) is 13.2 Å². The van der Waals surface area contributed by atoms with Crippen molar-refractivity contribution >= 4 is 21.1 Å². The Morgan fingerprint density at radius 1 is 1.39 bits per heavy atom. The van der Waals surface area contributed by atoms with Crippen molar-refractivity contribution in [3.05, 3.63) is 30.1 Å². The van der Waals surface area contributed by atoms with E-state index in [9.17, 15) is 21.6 Å². The van der Waals surface area contributed by atoms with Gasteiger partial charge in [-0.25, -0.2) is 18.1 Å². The highest BCUT2D eigenvalue weighted by atomic mass is 32.2. The lowest BCUT2D eigenvalue weighted by Gasteiger charge is -2.08. The Balaban J connectivity index is 2.22. The lowest BCUT2D eigenvalue weighted by molar-refractivity contribution is -0.0448. The van der Waals surface area contributed by atoms with Crippen LogP contribution in [0.25, 0.3) is 11.0 Å². The maximum absolute atomic E-state index is 12.1. The van der Waals surface area contributed by atoms with Gasteiger partial charge in [0.15, 0.2) is 0 Å². The molecule has 2 aromatic rings. The standard InChI is InChI=1S/C9H8F3N3O2S/c10-9(11,12)18(16,17)15-5-6-4-14-8-7(6)2-1-3-13-8/h1-4,15H,5H2,(H,13,14). The molecule has 0 radical (unpaired) electrons. The van der Waals surface area contributed by atoms with Crippen LogP contribution in [-0.4, -0.2) is 23.9 Å². The first-order chi connectivity index (χ1) is 8.31. The van der Waals surface area contributed by atoms with E-state index in [2.05, 4.69) is 9.97 Å². The highest BCUT2D eigenvalue weighted by Crippen LogP contribution is 2.22. The number of sulfonamides is 1. The third-order valence-corrected chi connectivity index (χ3v) is 3.43. The van der Waals surface area contributed by atoms with Gasteiger partial charge in [0, 0.05) is 24.3 Å². The van der Waals surface area contributed by atoms with Crippen molar-refractivity contribution in [2.45, 2.75) is 12.1 Å². The van der Waals surface area contributed by atoms with Gasteiger partial charge in [0.2, 0.25) is 0 Å². The van der Waals surface area contributed by atoms with E-state index in [1.165, 1.54) is 17.1 Å². The SMILES string of the molecule is O=S(=O)(NCc1c[nH]c2ncccc12)C(F)(F)F. The highest BCUT2D eigenvalue weighted by molar-refractivity contribution is 7.90. The van der Waals surface area contributed by atoms with E-state index in [-0.39, 0.29) is 0 Å². The van der Waals surface area contributed by atoms with Crippen molar-refractivity contribution in [3.8, 4) is 0 Å². The molecule has 5 nitrogen and oxygen atoms in total. The molecule has 2 N–H and O–H groups in total. The third kappa shape index (κ3) is 2.31. The Hall–Kier alpha value is -1.61. The number of rotatable bonds is 3. The molecular formula is C9H8F3N3O2S. The molecule has 0 spiro atoms. The molecule has 0 unspecified atom stereocenters. The van der Waals surface area contributed by atoms with Gasteiger partial charge in [0.05, 0.1) is 0 Å². The zero-order valence-corrected chi connectivity index (χ0v) is 9.64. The Bertz CT molecular complexity index is 663. The van der Waals surface area contributed by atoms with Gasteiger partial charge >= 0.3 is 15.5 Å². The largest absolute Gasteiger partial charge is 0.511 e. The monoisotopic (exact) mass is 279 g/mol. The Labute approximate surface area is 100 Å². The Morgan fingerprint density at radius 2 is 2.11 bits per heavy atom. The van der Waals surface area contributed by atoms with Crippen molar-refractivity contribution in [2.75, 3.05) is 0 Å². The summed E-state index contributed by atoms with van der Waals surface area (Å²) in [5.74, 6) is 0. The number of alkyl halides is 3. The normalized spacial score (nSPS) is 13.1. The number of H-pyrrole nitrogens is 1. The molecule has 0 aliphatic rings. The van der Waals surface area contributed by atoms with Gasteiger partial charge in [-0.15, -0.1) is 0 Å². The lowest BCUT2D eigenvalue weighted by Crippen LogP contribution is -2.35. The molecule has 0 bridgehead atoms. The van der Waals surface area contributed by atoms with E-state index < -0.39 is 22.1 Å².